The smallest absolute Gasteiger partial charge is 0.0197 e. The number of hydrogen-bond acceptors (Lipinski definition) is 2. The summed E-state index contributed by atoms with van der Waals surface area (Å²) >= 11 is 0. The van der Waals surface area contributed by atoms with E-state index in [4.69, 9.17) is 0 Å². The van der Waals surface area contributed by atoms with Gasteiger partial charge in [-0.3, -0.25) is 0 Å². The lowest BCUT2D eigenvalue weighted by molar-refractivity contribution is 0.230. The number of likely N-dealkylation sites (N-methyl/N-ethyl adjacent to an activating group) is 1. The van der Waals surface area contributed by atoms with Gasteiger partial charge in [0.1, 0.15) is 0 Å². The van der Waals surface area contributed by atoms with Crippen molar-refractivity contribution in [1.29, 1.82) is 0 Å². The molecular formula is C11H24N2. The normalized spacial score (nSPS) is 29.5. The van der Waals surface area contributed by atoms with E-state index in [1.807, 2.05) is 0 Å². The van der Waals surface area contributed by atoms with Gasteiger partial charge in [0.2, 0.25) is 0 Å². The lowest BCUT2D eigenvalue weighted by atomic mass is 9.90. The third-order valence-electron chi connectivity index (χ3n) is 3.25. The molecule has 0 spiro atoms. The summed E-state index contributed by atoms with van der Waals surface area (Å²) in [6.07, 6.45) is 4.11. The molecule has 0 aromatic carbocycles. The average Bonchev–Trinajstić information content (AvgIpc) is 2.18. The molecule has 2 nitrogen and oxygen atoms in total. The molecule has 0 bridgehead atoms. The summed E-state index contributed by atoms with van der Waals surface area (Å²) < 4.78 is 0. The van der Waals surface area contributed by atoms with Gasteiger partial charge in [-0.25, -0.2) is 0 Å². The molecule has 2 heteroatoms. The summed E-state index contributed by atoms with van der Waals surface area (Å²) in [4.78, 5) is 2.40. The second-order valence-electron chi connectivity index (χ2n) is 4.30. The lowest BCUT2D eigenvalue weighted by Gasteiger charge is -2.32. The van der Waals surface area contributed by atoms with E-state index in [9.17, 15) is 0 Å². The van der Waals surface area contributed by atoms with Crippen LogP contribution in [0.4, 0.5) is 0 Å². The molecule has 13 heavy (non-hydrogen) atoms. The van der Waals surface area contributed by atoms with E-state index in [2.05, 4.69) is 31.1 Å². The molecule has 1 N–H and O–H groups in total. The van der Waals surface area contributed by atoms with Crippen LogP contribution in [-0.4, -0.2) is 37.6 Å². The minimum atomic E-state index is 0.739. The highest BCUT2D eigenvalue weighted by Crippen LogP contribution is 2.19. The first-order valence-electron chi connectivity index (χ1n) is 5.68. The van der Waals surface area contributed by atoms with Crippen LogP contribution in [0.1, 0.15) is 33.1 Å². The summed E-state index contributed by atoms with van der Waals surface area (Å²) in [7, 11) is 2.21. The number of nitrogens with one attached hydrogen (secondary N) is 1. The van der Waals surface area contributed by atoms with Crippen molar-refractivity contribution >= 4 is 0 Å². The first-order chi connectivity index (χ1) is 6.26. The van der Waals surface area contributed by atoms with Crippen LogP contribution >= 0.6 is 0 Å². The topological polar surface area (TPSA) is 15.3 Å². The van der Waals surface area contributed by atoms with Crippen LogP contribution in [0.3, 0.4) is 0 Å². The van der Waals surface area contributed by atoms with Gasteiger partial charge in [0.15, 0.2) is 0 Å². The Morgan fingerprint density at radius 3 is 2.77 bits per heavy atom. The first-order valence-corrected chi connectivity index (χ1v) is 5.68. The Morgan fingerprint density at radius 2 is 2.15 bits per heavy atom. The van der Waals surface area contributed by atoms with Crippen molar-refractivity contribution in [2.24, 2.45) is 5.92 Å². The van der Waals surface area contributed by atoms with E-state index in [0.29, 0.717) is 0 Å². The van der Waals surface area contributed by atoms with Crippen LogP contribution in [0, 0.1) is 5.92 Å². The molecule has 2 unspecified atom stereocenters. The largest absolute Gasteiger partial charge is 0.313 e. The average molecular weight is 184 g/mol. The Bertz CT molecular complexity index is 134. The molecule has 0 aromatic heterocycles. The zero-order valence-electron chi connectivity index (χ0n) is 9.34. The van der Waals surface area contributed by atoms with Gasteiger partial charge in [0, 0.05) is 12.6 Å². The summed E-state index contributed by atoms with van der Waals surface area (Å²) in [5, 5.41) is 3.61. The van der Waals surface area contributed by atoms with Gasteiger partial charge in [-0.2, -0.15) is 0 Å². The van der Waals surface area contributed by atoms with E-state index >= 15 is 0 Å². The highest BCUT2D eigenvalue weighted by molar-refractivity contribution is 4.79. The van der Waals surface area contributed by atoms with Gasteiger partial charge in [-0.15, -0.1) is 0 Å². The van der Waals surface area contributed by atoms with Crippen LogP contribution in [0.25, 0.3) is 0 Å². The molecule has 1 rings (SSSR count). The molecule has 0 amide bonds. The van der Waals surface area contributed by atoms with E-state index in [0.717, 1.165) is 18.5 Å². The summed E-state index contributed by atoms with van der Waals surface area (Å²) in [5.41, 5.74) is 0. The van der Waals surface area contributed by atoms with Crippen LogP contribution in [-0.2, 0) is 0 Å². The van der Waals surface area contributed by atoms with Gasteiger partial charge >= 0.3 is 0 Å². The molecule has 1 aliphatic heterocycles. The molecule has 78 valence electrons. The standard InChI is InChI=1S/C11H24N2/c1-4-10-6-7-12-11(8-10)9-13(3)5-2/h10-12H,4-9H2,1-3H3. The zero-order valence-corrected chi connectivity index (χ0v) is 9.34. The fraction of sp³-hybridized carbons (Fsp3) is 1.00. The Morgan fingerprint density at radius 1 is 1.38 bits per heavy atom. The van der Waals surface area contributed by atoms with E-state index < -0.39 is 0 Å². The molecule has 0 aromatic rings. The van der Waals surface area contributed by atoms with Crippen molar-refractivity contribution in [1.82, 2.24) is 10.2 Å². The highest BCUT2D eigenvalue weighted by atomic mass is 15.1. The minimum Gasteiger partial charge on any atom is -0.313 e. The third kappa shape index (κ3) is 3.65. The van der Waals surface area contributed by atoms with Crippen LogP contribution in [0.15, 0.2) is 0 Å². The number of hydrogen-bond donors (Lipinski definition) is 1. The Balaban J connectivity index is 2.25. The van der Waals surface area contributed by atoms with Crippen molar-refractivity contribution in [2.45, 2.75) is 39.2 Å². The zero-order chi connectivity index (χ0) is 9.68. The van der Waals surface area contributed by atoms with E-state index in [1.165, 1.54) is 32.4 Å². The van der Waals surface area contributed by atoms with Gasteiger partial charge in [0.25, 0.3) is 0 Å². The Hall–Kier alpha value is -0.0800. The molecule has 1 aliphatic rings. The SMILES string of the molecule is CCC1CCNC(CN(C)CC)C1. The van der Waals surface area contributed by atoms with Gasteiger partial charge in [0.05, 0.1) is 0 Å². The van der Waals surface area contributed by atoms with Crippen LogP contribution in [0.5, 0.6) is 0 Å². The van der Waals surface area contributed by atoms with Gasteiger partial charge in [-0.1, -0.05) is 20.3 Å². The summed E-state index contributed by atoms with van der Waals surface area (Å²) in [6, 6.07) is 0.739. The van der Waals surface area contributed by atoms with E-state index in [1.54, 1.807) is 0 Å². The molecule has 1 fully saturated rings. The molecule has 2 atom stereocenters. The maximum atomic E-state index is 3.61. The second kappa shape index (κ2) is 5.61. The molecular weight excluding hydrogens is 160 g/mol. The molecule has 0 aliphatic carbocycles. The molecule has 0 radical (unpaired) electrons. The third-order valence-corrected chi connectivity index (χ3v) is 3.25. The maximum Gasteiger partial charge on any atom is 0.0197 e. The quantitative estimate of drug-likeness (QED) is 0.715. The predicted molar refractivity (Wildman–Crippen MR) is 58.0 cm³/mol. The van der Waals surface area contributed by atoms with Gasteiger partial charge < -0.3 is 10.2 Å². The van der Waals surface area contributed by atoms with Crippen molar-refractivity contribution in [2.75, 3.05) is 26.7 Å². The highest BCUT2D eigenvalue weighted by Gasteiger charge is 2.20. The van der Waals surface area contributed by atoms with Crippen LogP contribution < -0.4 is 5.32 Å². The van der Waals surface area contributed by atoms with Crippen LogP contribution in [0.2, 0.25) is 0 Å². The van der Waals surface area contributed by atoms with Crippen molar-refractivity contribution in [3.05, 3.63) is 0 Å². The Kier molecular flexibility index (Phi) is 4.74. The fourth-order valence-corrected chi connectivity index (χ4v) is 2.11. The summed E-state index contributed by atoms with van der Waals surface area (Å²) in [5.74, 6) is 0.969. The van der Waals surface area contributed by atoms with Crippen molar-refractivity contribution < 1.29 is 0 Å². The monoisotopic (exact) mass is 184 g/mol. The number of nitrogens with zero attached hydrogens (tertiary/aromatic N) is 1. The first kappa shape index (κ1) is 11.0. The minimum absolute atomic E-state index is 0.739. The van der Waals surface area contributed by atoms with E-state index in [-0.39, 0.29) is 0 Å². The van der Waals surface area contributed by atoms with Crippen molar-refractivity contribution in [3.63, 3.8) is 0 Å². The van der Waals surface area contributed by atoms with Crippen molar-refractivity contribution in [3.8, 4) is 0 Å². The Labute approximate surface area is 82.7 Å². The second-order valence-corrected chi connectivity index (χ2v) is 4.30. The molecule has 1 saturated heterocycles. The number of piperidine rings is 1. The summed E-state index contributed by atoms with van der Waals surface area (Å²) in [6.45, 7) is 8.14. The number of rotatable bonds is 4. The van der Waals surface area contributed by atoms with Gasteiger partial charge in [-0.05, 0) is 38.9 Å². The maximum absolute atomic E-state index is 3.61. The predicted octanol–water partition coefficient (Wildman–Crippen LogP) is 1.72. The molecule has 1 heterocycles. The molecule has 0 saturated carbocycles. The fourth-order valence-electron chi connectivity index (χ4n) is 2.11. The lowest BCUT2D eigenvalue weighted by Crippen LogP contribution is -2.44.